The van der Waals surface area contributed by atoms with Gasteiger partial charge in [-0.25, -0.2) is 4.39 Å². The number of carbonyl (C=O) groups excluding carboxylic acids is 1. The number of allylic oxidation sites excluding steroid dienone is 1. The molecule has 0 unspecified atom stereocenters. The number of nitrogens with zero attached hydrogens (tertiary/aromatic N) is 1. The Morgan fingerprint density at radius 2 is 2.16 bits per heavy atom. The molecule has 0 amide bonds. The standard InChI is InChI=1S/C13H8FNO3S/c14-11-3-1-2-10(7-11)12(16)5-4-9-6-13(15(17)18)19-8-9/h1-8H/b5-4+. The molecule has 96 valence electrons. The van der Waals surface area contributed by atoms with E-state index in [-0.39, 0.29) is 16.3 Å². The molecule has 0 aliphatic rings. The summed E-state index contributed by atoms with van der Waals surface area (Å²) in [5, 5.41) is 12.1. The van der Waals surface area contributed by atoms with Crippen molar-refractivity contribution >= 4 is 28.2 Å². The van der Waals surface area contributed by atoms with Gasteiger partial charge in [0.15, 0.2) is 5.78 Å². The second-order valence-corrected chi connectivity index (χ2v) is 4.57. The summed E-state index contributed by atoms with van der Waals surface area (Å²) in [5.41, 5.74) is 0.808. The number of halogens is 1. The lowest BCUT2D eigenvalue weighted by Crippen LogP contribution is -1.94. The second-order valence-electron chi connectivity index (χ2n) is 3.68. The first-order chi connectivity index (χ1) is 9.06. The van der Waals surface area contributed by atoms with Crippen LogP contribution in [0.2, 0.25) is 0 Å². The smallest absolute Gasteiger partial charge is 0.289 e. The van der Waals surface area contributed by atoms with Crippen LogP contribution in [0.15, 0.2) is 41.8 Å². The molecule has 0 aliphatic carbocycles. The normalized spacial score (nSPS) is 10.8. The zero-order chi connectivity index (χ0) is 13.8. The zero-order valence-electron chi connectivity index (χ0n) is 9.58. The molecule has 0 saturated carbocycles. The summed E-state index contributed by atoms with van der Waals surface area (Å²) in [6, 6.07) is 6.73. The molecule has 6 heteroatoms. The van der Waals surface area contributed by atoms with Gasteiger partial charge in [-0.05, 0) is 29.8 Å². The monoisotopic (exact) mass is 277 g/mol. The maximum Gasteiger partial charge on any atom is 0.324 e. The van der Waals surface area contributed by atoms with Crippen LogP contribution in [0.3, 0.4) is 0 Å². The third kappa shape index (κ3) is 3.32. The lowest BCUT2D eigenvalue weighted by atomic mass is 10.1. The Morgan fingerprint density at radius 1 is 1.37 bits per heavy atom. The van der Waals surface area contributed by atoms with Crippen LogP contribution in [0, 0.1) is 15.9 Å². The van der Waals surface area contributed by atoms with Crippen LogP contribution in [0.25, 0.3) is 6.08 Å². The highest BCUT2D eigenvalue weighted by molar-refractivity contribution is 7.13. The molecule has 0 atom stereocenters. The van der Waals surface area contributed by atoms with E-state index in [0.29, 0.717) is 5.56 Å². The summed E-state index contributed by atoms with van der Waals surface area (Å²) in [6.07, 6.45) is 2.73. The van der Waals surface area contributed by atoms with Crippen molar-refractivity contribution in [3.63, 3.8) is 0 Å². The summed E-state index contributed by atoms with van der Waals surface area (Å²) in [4.78, 5) is 21.7. The van der Waals surface area contributed by atoms with Gasteiger partial charge in [0.05, 0.1) is 4.92 Å². The van der Waals surface area contributed by atoms with E-state index in [1.54, 1.807) is 5.38 Å². The molecule has 19 heavy (non-hydrogen) atoms. The fraction of sp³-hybridized carbons (Fsp3) is 0. The highest BCUT2D eigenvalue weighted by Gasteiger charge is 2.08. The Bertz CT molecular complexity index is 663. The lowest BCUT2D eigenvalue weighted by molar-refractivity contribution is -0.380. The largest absolute Gasteiger partial charge is 0.324 e. The van der Waals surface area contributed by atoms with Gasteiger partial charge in [-0.15, -0.1) is 0 Å². The number of nitro groups is 1. The van der Waals surface area contributed by atoms with E-state index in [9.17, 15) is 19.3 Å². The minimum Gasteiger partial charge on any atom is -0.289 e. The van der Waals surface area contributed by atoms with Crippen molar-refractivity contribution in [1.29, 1.82) is 0 Å². The van der Waals surface area contributed by atoms with Crippen LogP contribution in [0.1, 0.15) is 15.9 Å². The lowest BCUT2D eigenvalue weighted by Gasteiger charge is -1.94. The first kappa shape index (κ1) is 13.1. The van der Waals surface area contributed by atoms with Crippen molar-refractivity contribution in [2.45, 2.75) is 0 Å². The van der Waals surface area contributed by atoms with Crippen molar-refractivity contribution < 1.29 is 14.1 Å². The molecule has 1 aromatic carbocycles. The second kappa shape index (κ2) is 5.53. The fourth-order valence-corrected chi connectivity index (χ4v) is 2.13. The molecule has 0 saturated heterocycles. The minimum atomic E-state index is -0.490. The van der Waals surface area contributed by atoms with Crippen LogP contribution < -0.4 is 0 Å². The van der Waals surface area contributed by atoms with E-state index in [4.69, 9.17) is 0 Å². The predicted molar refractivity (Wildman–Crippen MR) is 70.7 cm³/mol. The molecule has 2 aromatic rings. The Kier molecular flexibility index (Phi) is 3.82. The van der Waals surface area contributed by atoms with Gasteiger partial charge in [0, 0.05) is 17.0 Å². The first-order valence-corrected chi connectivity index (χ1v) is 6.15. The van der Waals surface area contributed by atoms with Crippen molar-refractivity contribution in [1.82, 2.24) is 0 Å². The molecular weight excluding hydrogens is 269 g/mol. The Labute approximate surface area is 112 Å². The van der Waals surface area contributed by atoms with Crippen molar-refractivity contribution in [2.75, 3.05) is 0 Å². The first-order valence-electron chi connectivity index (χ1n) is 5.27. The van der Waals surface area contributed by atoms with E-state index in [2.05, 4.69) is 0 Å². The Balaban J connectivity index is 2.13. The fourth-order valence-electron chi connectivity index (χ4n) is 1.43. The molecule has 0 spiro atoms. The topological polar surface area (TPSA) is 60.2 Å². The summed E-state index contributed by atoms with van der Waals surface area (Å²) in [6.45, 7) is 0. The van der Waals surface area contributed by atoms with Gasteiger partial charge in [0.2, 0.25) is 0 Å². The molecule has 0 aliphatic heterocycles. The van der Waals surface area contributed by atoms with Gasteiger partial charge in [0.25, 0.3) is 0 Å². The van der Waals surface area contributed by atoms with Gasteiger partial charge >= 0.3 is 5.00 Å². The van der Waals surface area contributed by atoms with Crippen LogP contribution in [0.4, 0.5) is 9.39 Å². The number of ketones is 1. The third-order valence-electron chi connectivity index (χ3n) is 2.32. The van der Waals surface area contributed by atoms with Crippen LogP contribution in [0.5, 0.6) is 0 Å². The molecular formula is C13H8FNO3S. The molecule has 2 rings (SSSR count). The summed E-state index contributed by atoms with van der Waals surface area (Å²) < 4.78 is 12.9. The van der Waals surface area contributed by atoms with Crippen LogP contribution in [-0.2, 0) is 0 Å². The maximum absolute atomic E-state index is 12.9. The summed E-state index contributed by atoms with van der Waals surface area (Å²) >= 11 is 0.986. The maximum atomic E-state index is 12.9. The summed E-state index contributed by atoms with van der Waals surface area (Å²) in [5.74, 6) is -0.834. The molecule has 0 N–H and O–H groups in total. The van der Waals surface area contributed by atoms with E-state index in [1.807, 2.05) is 0 Å². The highest BCUT2D eigenvalue weighted by atomic mass is 32.1. The molecule has 0 radical (unpaired) electrons. The predicted octanol–water partition coefficient (Wildman–Crippen LogP) is 3.69. The quantitative estimate of drug-likeness (QED) is 0.370. The molecule has 0 fully saturated rings. The van der Waals surface area contributed by atoms with Crippen molar-refractivity contribution in [2.24, 2.45) is 0 Å². The number of rotatable bonds is 4. The van der Waals surface area contributed by atoms with Gasteiger partial charge in [-0.2, -0.15) is 0 Å². The van der Waals surface area contributed by atoms with Crippen molar-refractivity contribution in [3.05, 3.63) is 68.8 Å². The third-order valence-corrected chi connectivity index (χ3v) is 3.22. The number of hydrogen-bond donors (Lipinski definition) is 0. The Morgan fingerprint density at radius 3 is 2.79 bits per heavy atom. The number of thiophene rings is 1. The highest BCUT2D eigenvalue weighted by Crippen LogP contribution is 2.23. The SMILES string of the molecule is O=C(/C=C/c1csc([N+](=O)[O-])c1)c1cccc(F)c1. The van der Waals surface area contributed by atoms with E-state index < -0.39 is 10.7 Å². The van der Waals surface area contributed by atoms with Gasteiger partial charge < -0.3 is 0 Å². The molecule has 1 aromatic heterocycles. The average Bonchev–Trinajstić information content (AvgIpc) is 2.85. The van der Waals surface area contributed by atoms with Crippen molar-refractivity contribution in [3.8, 4) is 0 Å². The Hall–Kier alpha value is -2.34. The van der Waals surface area contributed by atoms with E-state index >= 15 is 0 Å². The zero-order valence-corrected chi connectivity index (χ0v) is 10.4. The summed E-state index contributed by atoms with van der Waals surface area (Å²) in [7, 11) is 0. The number of benzene rings is 1. The van der Waals surface area contributed by atoms with Gasteiger partial charge in [-0.3, -0.25) is 14.9 Å². The minimum absolute atomic E-state index is 0.0119. The number of carbonyl (C=O) groups is 1. The average molecular weight is 277 g/mol. The van der Waals surface area contributed by atoms with E-state index in [1.165, 1.54) is 36.4 Å². The van der Waals surface area contributed by atoms with E-state index in [0.717, 1.165) is 17.4 Å². The van der Waals surface area contributed by atoms with Crippen LogP contribution in [-0.4, -0.2) is 10.7 Å². The molecule has 1 heterocycles. The molecule has 4 nitrogen and oxygen atoms in total. The van der Waals surface area contributed by atoms with Crippen LogP contribution >= 0.6 is 11.3 Å². The number of hydrogen-bond acceptors (Lipinski definition) is 4. The molecule has 0 bridgehead atoms. The van der Waals surface area contributed by atoms with Gasteiger partial charge in [-0.1, -0.05) is 23.5 Å². The van der Waals surface area contributed by atoms with Gasteiger partial charge in [0.1, 0.15) is 5.82 Å².